The molecule has 4 aromatic rings. The van der Waals surface area contributed by atoms with Crippen LogP contribution in [0.2, 0.25) is 0 Å². The van der Waals surface area contributed by atoms with Gasteiger partial charge in [0.15, 0.2) is 6.23 Å². The third-order valence-electron chi connectivity index (χ3n) is 6.54. The number of aliphatic hydroxyl groups is 1. The zero-order valence-corrected chi connectivity index (χ0v) is 23.0. The molecular formula is C31H22F11NO3. The molecular weight excluding hydrogens is 643 g/mol. The minimum atomic E-state index is -5.98. The summed E-state index contributed by atoms with van der Waals surface area (Å²) in [5, 5.41) is 11.1. The van der Waals surface area contributed by atoms with Gasteiger partial charge in [-0.3, -0.25) is 0 Å². The maximum Gasteiger partial charge on any atom is 0.573 e. The van der Waals surface area contributed by atoms with Crippen molar-refractivity contribution in [2.75, 3.05) is 11.4 Å². The SMILES string of the molecule is OC(CN(c1ccccc1)C(Oc1cccc(OC(F)(F)F)c1)c1cccc(C(F)(F)C(F)(F)F)c1)c1ccc(C(F)(F)F)cc1. The standard InChI is InChI=1S/C31H22F11NO3/c32-28(33,30(37,38)39)22-7-4-6-20(16-22)27(45-24-10-5-11-25(17-24)46-31(40,41)42)43(23-8-2-1-3-9-23)18-26(44)19-12-14-21(15-13-19)29(34,35)36/h1-17,26-27,44H,18H2. The summed E-state index contributed by atoms with van der Waals surface area (Å²) in [7, 11) is 0. The number of hydrogen-bond acceptors (Lipinski definition) is 4. The first kappa shape index (κ1) is 34.3. The zero-order chi connectivity index (χ0) is 33.9. The molecule has 2 unspecified atom stereocenters. The Morgan fingerprint density at radius 1 is 0.609 bits per heavy atom. The van der Waals surface area contributed by atoms with E-state index in [1.54, 1.807) is 6.07 Å². The van der Waals surface area contributed by atoms with Crippen molar-refractivity contribution in [3.05, 3.63) is 125 Å². The molecule has 0 aliphatic rings. The minimum Gasteiger partial charge on any atom is -0.466 e. The Morgan fingerprint density at radius 2 is 1.22 bits per heavy atom. The molecule has 1 N–H and O–H groups in total. The van der Waals surface area contributed by atoms with Crippen molar-refractivity contribution >= 4 is 5.69 Å². The second kappa shape index (κ2) is 13.1. The van der Waals surface area contributed by atoms with Gasteiger partial charge in [-0.15, -0.1) is 13.2 Å². The quantitative estimate of drug-likeness (QED) is 0.135. The number of aliphatic hydroxyl groups excluding tert-OH is 1. The van der Waals surface area contributed by atoms with E-state index in [9.17, 15) is 53.4 Å². The van der Waals surface area contributed by atoms with Crippen molar-refractivity contribution < 1.29 is 62.9 Å². The van der Waals surface area contributed by atoms with E-state index >= 15 is 0 Å². The summed E-state index contributed by atoms with van der Waals surface area (Å²) in [5.41, 5.74) is -2.66. The van der Waals surface area contributed by atoms with Gasteiger partial charge in [0.2, 0.25) is 0 Å². The number of para-hydroxylation sites is 1. The summed E-state index contributed by atoms with van der Waals surface area (Å²) in [5.74, 6) is -6.40. The maximum absolute atomic E-state index is 14.4. The van der Waals surface area contributed by atoms with Gasteiger partial charge >= 0.3 is 24.6 Å². The second-order valence-electron chi connectivity index (χ2n) is 9.81. The average Bonchev–Trinajstić information content (AvgIpc) is 2.97. The maximum atomic E-state index is 14.4. The number of benzene rings is 4. The van der Waals surface area contributed by atoms with E-state index < -0.39 is 60.4 Å². The fraction of sp³-hybridized carbons (Fsp3) is 0.226. The van der Waals surface area contributed by atoms with Gasteiger partial charge in [-0.05, 0) is 48.0 Å². The van der Waals surface area contributed by atoms with Crippen LogP contribution in [0, 0.1) is 0 Å². The number of hydrogen-bond donors (Lipinski definition) is 1. The van der Waals surface area contributed by atoms with Crippen LogP contribution in [0.15, 0.2) is 103 Å². The lowest BCUT2D eigenvalue weighted by Crippen LogP contribution is -2.37. The van der Waals surface area contributed by atoms with Crippen molar-refractivity contribution in [3.63, 3.8) is 0 Å². The Balaban J connectivity index is 1.82. The van der Waals surface area contributed by atoms with Crippen LogP contribution < -0.4 is 14.4 Å². The van der Waals surface area contributed by atoms with E-state index in [4.69, 9.17) is 4.74 Å². The topological polar surface area (TPSA) is 41.9 Å². The second-order valence-corrected chi connectivity index (χ2v) is 9.81. The molecule has 0 amide bonds. The zero-order valence-electron chi connectivity index (χ0n) is 23.0. The molecule has 0 radical (unpaired) electrons. The van der Waals surface area contributed by atoms with Crippen molar-refractivity contribution in [1.29, 1.82) is 0 Å². The molecule has 2 atom stereocenters. The Hall–Kier alpha value is -4.53. The Bertz CT molecular complexity index is 1590. The van der Waals surface area contributed by atoms with E-state index in [1.165, 1.54) is 35.2 Å². The molecule has 0 spiro atoms. The van der Waals surface area contributed by atoms with E-state index in [2.05, 4.69) is 4.74 Å². The predicted molar refractivity (Wildman–Crippen MR) is 143 cm³/mol. The number of nitrogens with zero attached hydrogens (tertiary/aromatic N) is 1. The normalized spacial score (nSPS) is 14.0. The van der Waals surface area contributed by atoms with Crippen molar-refractivity contribution in [2.45, 2.75) is 37.0 Å². The number of anilines is 1. The number of alkyl halides is 11. The van der Waals surface area contributed by atoms with Gasteiger partial charge in [0.1, 0.15) is 11.5 Å². The smallest absolute Gasteiger partial charge is 0.466 e. The molecule has 0 aromatic heterocycles. The molecule has 4 nitrogen and oxygen atoms in total. The molecule has 0 heterocycles. The summed E-state index contributed by atoms with van der Waals surface area (Å²) in [6.07, 6.45) is -19.0. The van der Waals surface area contributed by atoms with Gasteiger partial charge in [0, 0.05) is 22.9 Å². The van der Waals surface area contributed by atoms with Gasteiger partial charge in [0.25, 0.3) is 0 Å². The number of rotatable bonds is 10. The van der Waals surface area contributed by atoms with Gasteiger partial charge in [0.05, 0.1) is 18.2 Å². The molecule has 15 heteroatoms. The van der Waals surface area contributed by atoms with E-state index in [0.29, 0.717) is 24.3 Å². The number of halogens is 11. The van der Waals surface area contributed by atoms with Gasteiger partial charge < -0.3 is 19.5 Å². The van der Waals surface area contributed by atoms with Gasteiger partial charge in [-0.25, -0.2) is 0 Å². The highest BCUT2D eigenvalue weighted by Crippen LogP contribution is 2.45. The van der Waals surface area contributed by atoms with Crippen LogP contribution in [-0.2, 0) is 12.1 Å². The van der Waals surface area contributed by atoms with Crippen LogP contribution in [0.1, 0.15) is 34.6 Å². The van der Waals surface area contributed by atoms with Crippen molar-refractivity contribution in [3.8, 4) is 11.5 Å². The summed E-state index contributed by atoms with van der Waals surface area (Å²) >= 11 is 0. The molecule has 0 saturated carbocycles. The Morgan fingerprint density at radius 3 is 1.80 bits per heavy atom. The lowest BCUT2D eigenvalue weighted by molar-refractivity contribution is -0.289. The molecule has 246 valence electrons. The highest BCUT2D eigenvalue weighted by molar-refractivity contribution is 5.50. The molecule has 0 fully saturated rings. The summed E-state index contributed by atoms with van der Waals surface area (Å²) in [6, 6.07) is 17.9. The van der Waals surface area contributed by atoms with E-state index in [0.717, 1.165) is 42.5 Å². The van der Waals surface area contributed by atoms with Crippen LogP contribution >= 0.6 is 0 Å². The Kier molecular flexibility index (Phi) is 9.75. The van der Waals surface area contributed by atoms with Crippen LogP contribution in [0.3, 0.4) is 0 Å². The fourth-order valence-corrected chi connectivity index (χ4v) is 4.38. The highest BCUT2D eigenvalue weighted by Gasteiger charge is 2.58. The number of ether oxygens (including phenoxy) is 2. The molecule has 46 heavy (non-hydrogen) atoms. The monoisotopic (exact) mass is 665 g/mol. The van der Waals surface area contributed by atoms with Gasteiger partial charge in [-0.2, -0.15) is 35.1 Å². The van der Waals surface area contributed by atoms with Crippen molar-refractivity contribution in [1.82, 2.24) is 0 Å². The first-order valence-corrected chi connectivity index (χ1v) is 13.1. The van der Waals surface area contributed by atoms with Crippen molar-refractivity contribution in [2.24, 2.45) is 0 Å². The van der Waals surface area contributed by atoms with E-state index in [-0.39, 0.29) is 22.6 Å². The fourth-order valence-electron chi connectivity index (χ4n) is 4.38. The first-order chi connectivity index (χ1) is 21.3. The largest absolute Gasteiger partial charge is 0.573 e. The van der Waals surface area contributed by atoms with Crippen LogP contribution in [0.25, 0.3) is 0 Å². The third kappa shape index (κ3) is 8.38. The molecule has 4 aromatic carbocycles. The van der Waals surface area contributed by atoms with Crippen LogP contribution in [0.5, 0.6) is 11.5 Å². The third-order valence-corrected chi connectivity index (χ3v) is 6.54. The van der Waals surface area contributed by atoms with E-state index in [1.807, 2.05) is 0 Å². The molecule has 0 aliphatic carbocycles. The molecule has 4 rings (SSSR count). The summed E-state index contributed by atoms with van der Waals surface area (Å²) in [6.45, 7) is -0.543. The highest BCUT2D eigenvalue weighted by atomic mass is 19.4. The minimum absolute atomic E-state index is 0.0226. The van der Waals surface area contributed by atoms with Crippen LogP contribution in [-0.4, -0.2) is 24.2 Å². The predicted octanol–water partition coefficient (Wildman–Crippen LogP) is 9.58. The average molecular weight is 665 g/mol. The molecule has 0 aliphatic heterocycles. The lowest BCUT2D eigenvalue weighted by atomic mass is 10.0. The first-order valence-electron chi connectivity index (χ1n) is 13.1. The lowest BCUT2D eigenvalue weighted by Gasteiger charge is -2.36. The summed E-state index contributed by atoms with van der Waals surface area (Å²) in [4.78, 5) is 1.20. The molecule has 0 saturated heterocycles. The molecule has 0 bridgehead atoms. The summed E-state index contributed by atoms with van der Waals surface area (Å²) < 4.78 is 156. The Labute approximate surface area is 254 Å². The van der Waals surface area contributed by atoms with Crippen LogP contribution in [0.4, 0.5) is 54.0 Å². The van der Waals surface area contributed by atoms with Gasteiger partial charge in [-0.1, -0.05) is 54.6 Å².